The van der Waals surface area contributed by atoms with Gasteiger partial charge in [-0.15, -0.1) is 6.42 Å². The Labute approximate surface area is 173 Å². The molecule has 3 fully saturated rings. The van der Waals surface area contributed by atoms with Crippen molar-refractivity contribution in [3.05, 3.63) is 29.3 Å². The van der Waals surface area contributed by atoms with Crippen molar-refractivity contribution in [2.24, 2.45) is 17.3 Å². The standard InChI is InChI=1S/C25H31NO3/c1-3-25(28)13-11-21-20-8-6-16-15-17(29-23(27)22-5-4-14-26-22)7-9-18(16)19(20)10-12-24(21,25)2/h1,7,9,15,19-22,26,28H,4-6,8,10-14H2,2H3/t19?,20?,21?,22?,24-,25-/m0/s1. The molecule has 4 nitrogen and oxygen atoms in total. The number of ether oxygens (including phenoxy) is 1. The maximum atomic E-state index is 12.3. The lowest BCUT2D eigenvalue weighted by molar-refractivity contribution is -0.136. The summed E-state index contributed by atoms with van der Waals surface area (Å²) in [5.41, 5.74) is 1.63. The number of fused-ring (bicyclic) bond motifs is 5. The first-order chi connectivity index (χ1) is 13.9. The van der Waals surface area contributed by atoms with Gasteiger partial charge in [-0.3, -0.25) is 0 Å². The molecule has 0 amide bonds. The summed E-state index contributed by atoms with van der Waals surface area (Å²) in [6.07, 6.45) is 13.6. The predicted octanol–water partition coefficient (Wildman–Crippen LogP) is 3.56. The minimum Gasteiger partial charge on any atom is -0.425 e. The van der Waals surface area contributed by atoms with Gasteiger partial charge >= 0.3 is 5.97 Å². The van der Waals surface area contributed by atoms with Crippen molar-refractivity contribution in [1.29, 1.82) is 0 Å². The van der Waals surface area contributed by atoms with Crippen LogP contribution in [0.5, 0.6) is 5.75 Å². The van der Waals surface area contributed by atoms with Crippen LogP contribution >= 0.6 is 0 Å². The third kappa shape index (κ3) is 2.86. The average Bonchev–Trinajstić information content (AvgIpc) is 3.35. The van der Waals surface area contributed by atoms with Gasteiger partial charge in [-0.05, 0) is 98.9 Å². The second kappa shape index (κ2) is 6.86. The van der Waals surface area contributed by atoms with Crippen LogP contribution in [0.4, 0.5) is 0 Å². The van der Waals surface area contributed by atoms with Gasteiger partial charge < -0.3 is 15.2 Å². The molecule has 0 spiro atoms. The minimum atomic E-state index is -0.949. The van der Waals surface area contributed by atoms with Gasteiger partial charge in [-0.25, -0.2) is 4.79 Å². The molecule has 4 aliphatic rings. The van der Waals surface area contributed by atoms with Gasteiger partial charge in [-0.2, -0.15) is 0 Å². The van der Waals surface area contributed by atoms with E-state index >= 15 is 0 Å². The van der Waals surface area contributed by atoms with Crippen LogP contribution in [0.2, 0.25) is 0 Å². The van der Waals surface area contributed by atoms with Crippen molar-refractivity contribution in [3.8, 4) is 18.1 Å². The Morgan fingerprint density at radius 2 is 2.14 bits per heavy atom. The fraction of sp³-hybridized carbons (Fsp3) is 0.640. The first kappa shape index (κ1) is 19.2. The smallest absolute Gasteiger partial charge is 0.328 e. The lowest BCUT2D eigenvalue weighted by Crippen LogP contribution is -2.50. The van der Waals surface area contributed by atoms with Gasteiger partial charge in [0.15, 0.2) is 0 Å². The largest absolute Gasteiger partial charge is 0.425 e. The summed E-state index contributed by atoms with van der Waals surface area (Å²) in [5, 5.41) is 14.3. The van der Waals surface area contributed by atoms with Gasteiger partial charge in [0.1, 0.15) is 17.4 Å². The van der Waals surface area contributed by atoms with Gasteiger partial charge in [0, 0.05) is 5.41 Å². The van der Waals surface area contributed by atoms with Crippen LogP contribution in [-0.2, 0) is 11.2 Å². The van der Waals surface area contributed by atoms with Crippen molar-refractivity contribution in [1.82, 2.24) is 5.32 Å². The first-order valence-corrected chi connectivity index (χ1v) is 11.2. The first-order valence-electron chi connectivity index (χ1n) is 11.2. The van der Waals surface area contributed by atoms with Crippen LogP contribution in [0.1, 0.15) is 68.9 Å². The summed E-state index contributed by atoms with van der Waals surface area (Å²) in [6.45, 7) is 3.11. The summed E-state index contributed by atoms with van der Waals surface area (Å²) >= 11 is 0. The van der Waals surface area contributed by atoms with Crippen LogP contribution in [0.3, 0.4) is 0 Å². The monoisotopic (exact) mass is 393 g/mol. The van der Waals surface area contributed by atoms with E-state index in [1.54, 1.807) is 0 Å². The molecule has 154 valence electrons. The molecule has 1 heterocycles. The van der Waals surface area contributed by atoms with Crippen molar-refractivity contribution in [2.45, 2.75) is 75.9 Å². The topological polar surface area (TPSA) is 58.6 Å². The van der Waals surface area contributed by atoms with Crippen molar-refractivity contribution in [2.75, 3.05) is 6.54 Å². The quantitative estimate of drug-likeness (QED) is 0.458. The van der Waals surface area contributed by atoms with E-state index in [4.69, 9.17) is 11.2 Å². The van der Waals surface area contributed by atoms with Crippen LogP contribution in [0, 0.1) is 29.6 Å². The number of aryl methyl sites for hydroxylation is 1. The van der Waals surface area contributed by atoms with Gasteiger partial charge in [-0.1, -0.05) is 18.9 Å². The molecule has 3 aliphatic carbocycles. The number of terminal acetylenes is 1. The minimum absolute atomic E-state index is 0.163. The van der Waals surface area contributed by atoms with Gasteiger partial charge in [0.25, 0.3) is 0 Å². The zero-order valence-electron chi connectivity index (χ0n) is 17.2. The summed E-state index contributed by atoms with van der Waals surface area (Å²) in [7, 11) is 0. The van der Waals surface area contributed by atoms with Crippen molar-refractivity contribution >= 4 is 5.97 Å². The Hall–Kier alpha value is -1.83. The molecule has 6 atom stereocenters. The summed E-state index contributed by atoms with van der Waals surface area (Å²) in [6, 6.07) is 6.07. The molecule has 4 unspecified atom stereocenters. The Balaban J connectivity index is 1.36. The number of rotatable bonds is 2. The van der Waals surface area contributed by atoms with E-state index in [1.165, 1.54) is 11.1 Å². The van der Waals surface area contributed by atoms with Crippen LogP contribution in [-0.4, -0.2) is 29.3 Å². The molecule has 0 radical (unpaired) electrons. The summed E-state index contributed by atoms with van der Waals surface area (Å²) in [4.78, 5) is 12.3. The molecule has 4 heteroatoms. The molecule has 2 saturated carbocycles. The highest BCUT2D eigenvalue weighted by Gasteiger charge is 2.61. The van der Waals surface area contributed by atoms with Gasteiger partial charge in [0.2, 0.25) is 0 Å². The number of nitrogens with one attached hydrogen (secondary N) is 1. The number of benzene rings is 1. The summed E-state index contributed by atoms with van der Waals surface area (Å²) < 4.78 is 5.67. The zero-order valence-corrected chi connectivity index (χ0v) is 17.2. The second-order valence-corrected chi connectivity index (χ2v) is 9.85. The number of aliphatic hydroxyl groups is 1. The molecule has 29 heavy (non-hydrogen) atoms. The Morgan fingerprint density at radius 1 is 1.28 bits per heavy atom. The fourth-order valence-corrected chi connectivity index (χ4v) is 6.95. The van der Waals surface area contributed by atoms with E-state index in [-0.39, 0.29) is 17.4 Å². The molecule has 2 N–H and O–H groups in total. The van der Waals surface area contributed by atoms with Crippen molar-refractivity contribution < 1.29 is 14.6 Å². The SMILES string of the molecule is C#C[C@]1(O)CCC2C3CCc4cc(OC(=O)C5CCCN5)ccc4C3CC[C@@]21C. The number of esters is 1. The average molecular weight is 394 g/mol. The van der Waals surface area contributed by atoms with E-state index in [9.17, 15) is 9.90 Å². The zero-order chi connectivity index (χ0) is 20.2. The van der Waals surface area contributed by atoms with Crippen LogP contribution in [0.15, 0.2) is 18.2 Å². The highest BCUT2D eigenvalue weighted by molar-refractivity contribution is 5.78. The van der Waals surface area contributed by atoms with E-state index in [0.29, 0.717) is 23.5 Å². The van der Waals surface area contributed by atoms with E-state index in [2.05, 4.69) is 30.3 Å². The molecule has 1 aromatic carbocycles. The molecular weight excluding hydrogens is 362 g/mol. The number of hydrogen-bond donors (Lipinski definition) is 2. The maximum absolute atomic E-state index is 12.3. The summed E-state index contributed by atoms with van der Waals surface area (Å²) in [5.74, 6) is 4.85. The maximum Gasteiger partial charge on any atom is 0.328 e. The van der Waals surface area contributed by atoms with Crippen LogP contribution in [0.25, 0.3) is 0 Å². The van der Waals surface area contributed by atoms with Crippen molar-refractivity contribution in [3.63, 3.8) is 0 Å². The normalized spacial score (nSPS) is 40.4. The molecule has 0 aromatic heterocycles. The van der Waals surface area contributed by atoms with E-state index in [0.717, 1.165) is 57.9 Å². The van der Waals surface area contributed by atoms with E-state index in [1.807, 2.05) is 6.07 Å². The number of hydrogen-bond acceptors (Lipinski definition) is 4. The van der Waals surface area contributed by atoms with Gasteiger partial charge in [0.05, 0.1) is 0 Å². The number of carbonyl (C=O) groups excluding carboxylic acids is 1. The molecule has 1 aromatic rings. The predicted molar refractivity (Wildman–Crippen MR) is 112 cm³/mol. The molecule has 1 saturated heterocycles. The Bertz CT molecular complexity index is 867. The molecule has 0 bridgehead atoms. The molecule has 5 rings (SSSR count). The van der Waals surface area contributed by atoms with E-state index < -0.39 is 5.60 Å². The molecule has 1 aliphatic heterocycles. The molecular formula is C25H31NO3. The van der Waals surface area contributed by atoms with Crippen LogP contribution < -0.4 is 10.1 Å². The highest BCUT2D eigenvalue weighted by Crippen LogP contribution is 2.64. The highest BCUT2D eigenvalue weighted by atomic mass is 16.5. The Morgan fingerprint density at radius 3 is 2.90 bits per heavy atom. The second-order valence-electron chi connectivity index (χ2n) is 9.85. The lowest BCUT2D eigenvalue weighted by atomic mass is 9.53. The lowest BCUT2D eigenvalue weighted by Gasteiger charge is -2.52. The third-order valence-corrected chi connectivity index (χ3v) is 8.65. The third-order valence-electron chi connectivity index (χ3n) is 8.65. The fourth-order valence-electron chi connectivity index (χ4n) is 6.95. The Kier molecular flexibility index (Phi) is 4.53. The number of carbonyl (C=O) groups is 1.